The summed E-state index contributed by atoms with van der Waals surface area (Å²) in [5.74, 6) is -0.251. The molecule has 1 fully saturated rings. The normalized spacial score (nSPS) is 16.2. The lowest BCUT2D eigenvalue weighted by molar-refractivity contribution is 0.0997. The maximum atomic E-state index is 13.7. The van der Waals surface area contributed by atoms with Crippen molar-refractivity contribution >= 4 is 45.1 Å². The number of amides is 3. The van der Waals surface area contributed by atoms with Gasteiger partial charge in [0.25, 0.3) is 5.91 Å². The van der Waals surface area contributed by atoms with Gasteiger partial charge in [-0.3, -0.25) is 9.69 Å². The highest BCUT2D eigenvalue weighted by Gasteiger charge is 2.26. The third-order valence-corrected chi connectivity index (χ3v) is 8.07. The maximum Gasteiger partial charge on any atom is 0.326 e. The Balaban J connectivity index is 1.28. The minimum absolute atomic E-state index is 0.000965. The van der Waals surface area contributed by atoms with Gasteiger partial charge < -0.3 is 25.5 Å². The average molecular weight is 566 g/mol. The van der Waals surface area contributed by atoms with E-state index in [4.69, 9.17) is 15.2 Å². The van der Waals surface area contributed by atoms with Gasteiger partial charge in [0.1, 0.15) is 17.7 Å². The second kappa shape index (κ2) is 10.1. The number of pyridine rings is 1. The predicted molar refractivity (Wildman–Crippen MR) is 159 cm³/mol. The van der Waals surface area contributed by atoms with Gasteiger partial charge in [0, 0.05) is 52.9 Å². The number of fused-ring (bicyclic) bond motifs is 4. The molecule has 1 saturated heterocycles. The van der Waals surface area contributed by atoms with E-state index in [2.05, 4.69) is 15.3 Å². The second-order valence-electron chi connectivity index (χ2n) is 10.7. The Morgan fingerprint density at radius 1 is 1.17 bits per heavy atom. The molecule has 0 saturated carbocycles. The first-order valence-corrected chi connectivity index (χ1v) is 13.8. The Bertz CT molecular complexity index is 1900. The molecule has 5 aromatic rings. The number of H-pyrrole nitrogens is 1. The molecule has 2 aliphatic heterocycles. The van der Waals surface area contributed by atoms with Crippen molar-refractivity contribution in [1.82, 2.24) is 9.97 Å². The number of halogens is 1. The summed E-state index contributed by atoms with van der Waals surface area (Å²) in [6, 6.07) is 15.6. The summed E-state index contributed by atoms with van der Waals surface area (Å²) < 4.78 is 25.2. The lowest BCUT2D eigenvalue weighted by Gasteiger charge is -2.20. The molecule has 10 heteroatoms. The molecule has 4 heterocycles. The van der Waals surface area contributed by atoms with Gasteiger partial charge >= 0.3 is 6.03 Å². The number of ether oxygens (including phenoxy) is 2. The number of urea groups is 1. The fourth-order valence-electron chi connectivity index (χ4n) is 5.98. The number of primary amides is 1. The molecule has 2 aromatic heterocycles. The Hall–Kier alpha value is -4.96. The van der Waals surface area contributed by atoms with Crippen LogP contribution in [0.25, 0.3) is 32.9 Å². The van der Waals surface area contributed by atoms with Crippen LogP contribution in [0.1, 0.15) is 28.0 Å². The summed E-state index contributed by atoms with van der Waals surface area (Å²) in [6.45, 7) is 3.63. The van der Waals surface area contributed by atoms with Gasteiger partial charge in [0.15, 0.2) is 5.69 Å². The minimum atomic E-state index is -0.638. The zero-order chi connectivity index (χ0) is 29.0. The van der Waals surface area contributed by atoms with Gasteiger partial charge in [-0.25, -0.2) is 14.2 Å². The van der Waals surface area contributed by atoms with Crippen LogP contribution in [0, 0.1) is 12.7 Å². The van der Waals surface area contributed by atoms with E-state index >= 15 is 0 Å². The first kappa shape index (κ1) is 26.0. The number of carbonyl (C=O) groups excluding carboxylic acids is 2. The third-order valence-electron chi connectivity index (χ3n) is 8.07. The summed E-state index contributed by atoms with van der Waals surface area (Å²) in [7, 11) is 0. The monoisotopic (exact) mass is 565 g/mol. The van der Waals surface area contributed by atoms with Gasteiger partial charge in [-0.1, -0.05) is 12.1 Å². The van der Waals surface area contributed by atoms with Crippen molar-refractivity contribution in [3.63, 3.8) is 0 Å². The first-order chi connectivity index (χ1) is 20.4. The van der Waals surface area contributed by atoms with E-state index in [0.29, 0.717) is 48.8 Å². The Kier molecular flexibility index (Phi) is 6.27. The predicted octanol–water partition coefficient (Wildman–Crippen LogP) is 5.69. The molecule has 212 valence electrons. The van der Waals surface area contributed by atoms with Crippen LogP contribution in [0.5, 0.6) is 5.75 Å². The van der Waals surface area contributed by atoms with Crippen LogP contribution in [-0.4, -0.2) is 47.8 Å². The highest BCUT2D eigenvalue weighted by molar-refractivity contribution is 6.19. The Labute approximate surface area is 240 Å². The molecule has 9 nitrogen and oxygen atoms in total. The lowest BCUT2D eigenvalue weighted by Crippen LogP contribution is -2.33. The van der Waals surface area contributed by atoms with Gasteiger partial charge in [-0.05, 0) is 66.4 Å². The van der Waals surface area contributed by atoms with Crippen molar-refractivity contribution in [3.8, 4) is 16.9 Å². The number of benzene rings is 3. The minimum Gasteiger partial charge on any atom is -0.488 e. The lowest BCUT2D eigenvalue weighted by atomic mass is 9.96. The molecule has 7 rings (SSSR count). The summed E-state index contributed by atoms with van der Waals surface area (Å²) in [4.78, 5) is 35.1. The molecule has 3 amide bonds. The van der Waals surface area contributed by atoms with Gasteiger partial charge in [-0.15, -0.1) is 0 Å². The Morgan fingerprint density at radius 3 is 2.86 bits per heavy atom. The van der Waals surface area contributed by atoms with Crippen molar-refractivity contribution in [2.24, 2.45) is 5.73 Å². The molecular formula is C32H28FN5O4. The quantitative estimate of drug-likeness (QED) is 0.253. The van der Waals surface area contributed by atoms with Crippen LogP contribution in [0.3, 0.4) is 0 Å². The topological polar surface area (TPSA) is 123 Å². The second-order valence-corrected chi connectivity index (χ2v) is 10.7. The summed E-state index contributed by atoms with van der Waals surface area (Å²) in [6.07, 6.45) is 3.08. The molecule has 0 bridgehead atoms. The van der Waals surface area contributed by atoms with Crippen molar-refractivity contribution in [2.75, 3.05) is 30.0 Å². The summed E-state index contributed by atoms with van der Waals surface area (Å²) >= 11 is 0. The third kappa shape index (κ3) is 4.40. The van der Waals surface area contributed by atoms with Gasteiger partial charge in [0.05, 0.1) is 24.2 Å². The number of carbonyl (C=O) groups is 2. The van der Waals surface area contributed by atoms with E-state index in [1.807, 2.05) is 43.3 Å². The smallest absolute Gasteiger partial charge is 0.326 e. The molecule has 0 spiro atoms. The largest absolute Gasteiger partial charge is 0.488 e. The van der Waals surface area contributed by atoms with Gasteiger partial charge in [0.2, 0.25) is 0 Å². The maximum absolute atomic E-state index is 13.7. The van der Waals surface area contributed by atoms with Crippen molar-refractivity contribution < 1.29 is 23.5 Å². The molecule has 1 atom stereocenters. The number of nitrogens with two attached hydrogens (primary N) is 1. The number of aromatic nitrogens is 2. The van der Waals surface area contributed by atoms with E-state index in [-0.39, 0.29) is 23.6 Å². The summed E-state index contributed by atoms with van der Waals surface area (Å²) in [5, 5.41) is 4.71. The Morgan fingerprint density at radius 2 is 2.05 bits per heavy atom. The number of hydrogen-bond acceptors (Lipinski definition) is 5. The number of aromatic amines is 1. The average Bonchev–Trinajstić information content (AvgIpc) is 3.72. The van der Waals surface area contributed by atoms with E-state index < -0.39 is 5.91 Å². The van der Waals surface area contributed by atoms with E-state index in [0.717, 1.165) is 45.0 Å². The van der Waals surface area contributed by atoms with Crippen LogP contribution in [0.4, 0.5) is 20.6 Å². The number of hydrogen-bond donors (Lipinski definition) is 3. The zero-order valence-corrected chi connectivity index (χ0v) is 22.9. The number of nitrogens with zero attached hydrogens (tertiary/aromatic N) is 2. The van der Waals surface area contributed by atoms with Crippen LogP contribution in [0.15, 0.2) is 60.8 Å². The standard InChI is InChI=1S/C32H28FN5O4/c1-17-22(3-2-4-25(17)37-32(40)38-11-9-18-13-19(33)5-8-27(18)38)24-15-35-30(31(34)39)29-28(24)23-7-6-20(14-26(23)36-29)42-21-10-12-41-16-21/h2-8,13-15,21,36H,9-12,16H2,1H3,(H2,34,39)(H,37,40). The van der Waals surface area contributed by atoms with Crippen LogP contribution in [-0.2, 0) is 11.2 Å². The fourth-order valence-corrected chi connectivity index (χ4v) is 5.98. The molecule has 1 unspecified atom stereocenters. The van der Waals surface area contributed by atoms with Crippen molar-refractivity contribution in [1.29, 1.82) is 0 Å². The van der Waals surface area contributed by atoms with Gasteiger partial charge in [-0.2, -0.15) is 0 Å². The van der Waals surface area contributed by atoms with E-state index in [1.54, 1.807) is 17.2 Å². The van der Waals surface area contributed by atoms with Crippen LogP contribution >= 0.6 is 0 Å². The SMILES string of the molecule is Cc1c(NC(=O)N2CCc3cc(F)ccc32)cccc1-c1cnc(C(N)=O)c2[nH]c3cc(OC4CCOC4)ccc3c12. The molecule has 42 heavy (non-hydrogen) atoms. The van der Waals surface area contributed by atoms with Crippen LogP contribution < -0.4 is 20.7 Å². The number of anilines is 2. The fraction of sp³-hybridized carbons (Fsp3) is 0.219. The highest BCUT2D eigenvalue weighted by Crippen LogP contribution is 2.39. The van der Waals surface area contributed by atoms with Crippen molar-refractivity contribution in [2.45, 2.75) is 25.9 Å². The highest BCUT2D eigenvalue weighted by atomic mass is 19.1. The molecule has 0 aliphatic carbocycles. The molecule has 2 aliphatic rings. The first-order valence-electron chi connectivity index (χ1n) is 13.8. The molecule has 3 aromatic carbocycles. The van der Waals surface area contributed by atoms with E-state index in [1.165, 1.54) is 12.1 Å². The molecular weight excluding hydrogens is 537 g/mol. The molecule has 4 N–H and O–H groups in total. The van der Waals surface area contributed by atoms with Crippen molar-refractivity contribution in [3.05, 3.63) is 83.4 Å². The van der Waals surface area contributed by atoms with E-state index in [9.17, 15) is 14.0 Å². The summed E-state index contributed by atoms with van der Waals surface area (Å²) in [5.41, 5.74) is 11.8. The molecule has 0 radical (unpaired) electrons. The number of rotatable bonds is 5. The number of nitrogens with one attached hydrogen (secondary N) is 2. The van der Waals surface area contributed by atoms with Crippen LogP contribution in [0.2, 0.25) is 0 Å². The zero-order valence-electron chi connectivity index (χ0n) is 22.9.